The van der Waals surface area contributed by atoms with Gasteiger partial charge in [0.05, 0.1) is 4.92 Å². The molecule has 0 bridgehead atoms. The van der Waals surface area contributed by atoms with Gasteiger partial charge in [0.25, 0.3) is 5.69 Å². The molecule has 1 aromatic carbocycles. The Morgan fingerprint density at radius 1 is 1.27 bits per heavy atom. The van der Waals surface area contributed by atoms with E-state index in [1.807, 2.05) is 40.0 Å². The van der Waals surface area contributed by atoms with Crippen LogP contribution in [0.1, 0.15) is 39.2 Å². The fraction of sp³-hybridized carbons (Fsp3) is 0.632. The van der Waals surface area contributed by atoms with E-state index in [-0.39, 0.29) is 22.7 Å². The molecule has 0 radical (unpaired) electrons. The summed E-state index contributed by atoms with van der Waals surface area (Å²) in [6.45, 7) is 8.41. The van der Waals surface area contributed by atoms with Gasteiger partial charge in [0.2, 0.25) is 0 Å². The summed E-state index contributed by atoms with van der Waals surface area (Å²) < 4.78 is 5.44. The van der Waals surface area contributed by atoms with Crippen molar-refractivity contribution in [2.24, 2.45) is 0 Å². The SMILES string of the molecule is CN(C(=O)OC(C)(C)C)C1CCN(CCc2ccc([N+](=O)[O-])cc2)CC1. The highest BCUT2D eigenvalue weighted by atomic mass is 16.6. The fourth-order valence-corrected chi connectivity index (χ4v) is 3.08. The molecule has 2 rings (SSSR count). The summed E-state index contributed by atoms with van der Waals surface area (Å²) in [7, 11) is 1.81. The van der Waals surface area contributed by atoms with Crippen LogP contribution < -0.4 is 0 Å². The third kappa shape index (κ3) is 5.98. The maximum absolute atomic E-state index is 12.2. The van der Waals surface area contributed by atoms with Crippen molar-refractivity contribution in [2.75, 3.05) is 26.7 Å². The molecule has 1 aliphatic rings. The Bertz CT molecular complexity index is 617. The average Bonchev–Trinajstić information content (AvgIpc) is 2.58. The minimum absolute atomic E-state index is 0.125. The van der Waals surface area contributed by atoms with Gasteiger partial charge in [0.15, 0.2) is 0 Å². The van der Waals surface area contributed by atoms with Crippen LogP contribution in [0.2, 0.25) is 0 Å². The van der Waals surface area contributed by atoms with Gasteiger partial charge in [-0.25, -0.2) is 4.79 Å². The zero-order valence-corrected chi connectivity index (χ0v) is 16.1. The number of likely N-dealkylation sites (tertiary alicyclic amines) is 1. The minimum atomic E-state index is -0.475. The molecule has 0 spiro atoms. The Labute approximate surface area is 155 Å². The number of non-ortho nitro benzene ring substituents is 1. The number of nitrogens with zero attached hydrogens (tertiary/aromatic N) is 3. The van der Waals surface area contributed by atoms with E-state index in [0.29, 0.717) is 0 Å². The summed E-state index contributed by atoms with van der Waals surface area (Å²) in [6.07, 6.45) is 2.46. The van der Waals surface area contributed by atoms with Gasteiger partial charge in [0, 0.05) is 44.9 Å². The van der Waals surface area contributed by atoms with Crippen LogP contribution in [0.5, 0.6) is 0 Å². The molecule has 0 atom stereocenters. The van der Waals surface area contributed by atoms with Crippen molar-refractivity contribution in [3.8, 4) is 0 Å². The second kappa shape index (κ2) is 8.49. The molecule has 0 aliphatic carbocycles. The lowest BCUT2D eigenvalue weighted by Crippen LogP contribution is -2.47. The van der Waals surface area contributed by atoms with E-state index in [4.69, 9.17) is 4.74 Å². The molecule has 144 valence electrons. The van der Waals surface area contributed by atoms with Crippen molar-refractivity contribution in [3.63, 3.8) is 0 Å². The standard InChI is InChI=1S/C19H29N3O4/c1-19(2,3)26-18(23)20(4)16-10-13-21(14-11-16)12-9-15-5-7-17(8-6-15)22(24)25/h5-8,16H,9-14H2,1-4H3. The van der Waals surface area contributed by atoms with Crippen LogP contribution in [-0.4, -0.2) is 59.1 Å². The Morgan fingerprint density at radius 2 is 1.85 bits per heavy atom. The molecule has 1 aliphatic heterocycles. The molecule has 26 heavy (non-hydrogen) atoms. The van der Waals surface area contributed by atoms with Crippen LogP contribution in [0, 0.1) is 10.1 Å². The first-order chi connectivity index (χ1) is 12.2. The van der Waals surface area contributed by atoms with Gasteiger partial charge in [-0.1, -0.05) is 12.1 Å². The van der Waals surface area contributed by atoms with Crippen LogP contribution in [0.3, 0.4) is 0 Å². The monoisotopic (exact) mass is 363 g/mol. The topological polar surface area (TPSA) is 75.9 Å². The average molecular weight is 363 g/mol. The maximum Gasteiger partial charge on any atom is 0.410 e. The van der Waals surface area contributed by atoms with Gasteiger partial charge >= 0.3 is 6.09 Å². The predicted molar refractivity (Wildman–Crippen MR) is 100 cm³/mol. The molecule has 1 amide bonds. The van der Waals surface area contributed by atoms with Crippen molar-refractivity contribution in [2.45, 2.75) is 51.7 Å². The summed E-state index contributed by atoms with van der Waals surface area (Å²) in [4.78, 5) is 26.6. The number of piperidine rings is 1. The van der Waals surface area contributed by atoms with Gasteiger partial charge in [-0.2, -0.15) is 0 Å². The Morgan fingerprint density at radius 3 is 2.35 bits per heavy atom. The zero-order chi connectivity index (χ0) is 19.3. The molecule has 0 saturated carbocycles. The van der Waals surface area contributed by atoms with Gasteiger partial charge < -0.3 is 14.5 Å². The first kappa shape index (κ1) is 20.2. The molecular weight excluding hydrogens is 334 g/mol. The molecule has 0 N–H and O–H groups in total. The number of hydrogen-bond donors (Lipinski definition) is 0. The summed E-state index contributed by atoms with van der Waals surface area (Å²) in [6, 6.07) is 6.96. The molecule has 1 fully saturated rings. The number of carbonyl (C=O) groups excluding carboxylic acids is 1. The number of rotatable bonds is 5. The highest BCUT2D eigenvalue weighted by Gasteiger charge is 2.28. The normalized spacial score (nSPS) is 16.3. The number of nitro groups is 1. The first-order valence-corrected chi connectivity index (χ1v) is 9.07. The lowest BCUT2D eigenvalue weighted by Gasteiger charge is -2.37. The second-order valence-electron chi connectivity index (χ2n) is 7.84. The lowest BCUT2D eigenvalue weighted by molar-refractivity contribution is -0.384. The maximum atomic E-state index is 12.2. The van der Waals surface area contributed by atoms with E-state index in [1.54, 1.807) is 17.0 Å². The summed E-state index contributed by atoms with van der Waals surface area (Å²) in [5, 5.41) is 10.7. The Hall–Kier alpha value is -2.15. The van der Waals surface area contributed by atoms with Crippen molar-refractivity contribution in [1.82, 2.24) is 9.80 Å². The van der Waals surface area contributed by atoms with E-state index in [0.717, 1.165) is 44.5 Å². The quantitative estimate of drug-likeness (QED) is 0.591. The molecule has 7 heteroatoms. The molecular formula is C19H29N3O4. The minimum Gasteiger partial charge on any atom is -0.444 e. The third-order valence-corrected chi connectivity index (χ3v) is 4.65. The van der Waals surface area contributed by atoms with E-state index in [2.05, 4.69) is 4.90 Å². The fourth-order valence-electron chi connectivity index (χ4n) is 3.08. The van der Waals surface area contributed by atoms with Crippen LogP contribution in [0.25, 0.3) is 0 Å². The molecule has 7 nitrogen and oxygen atoms in total. The Kier molecular flexibility index (Phi) is 6.58. The van der Waals surface area contributed by atoms with Crippen LogP contribution in [-0.2, 0) is 11.2 Å². The van der Waals surface area contributed by atoms with E-state index in [9.17, 15) is 14.9 Å². The summed E-state index contributed by atoms with van der Waals surface area (Å²) in [5.41, 5.74) is 0.750. The predicted octanol–water partition coefficient (Wildman–Crippen LogP) is 3.47. The zero-order valence-electron chi connectivity index (χ0n) is 16.1. The molecule has 1 saturated heterocycles. The summed E-state index contributed by atoms with van der Waals surface area (Å²) in [5.74, 6) is 0. The van der Waals surface area contributed by atoms with Crippen LogP contribution in [0.4, 0.5) is 10.5 Å². The molecule has 1 heterocycles. The second-order valence-corrected chi connectivity index (χ2v) is 7.84. The number of amides is 1. The summed E-state index contributed by atoms with van der Waals surface area (Å²) >= 11 is 0. The van der Waals surface area contributed by atoms with Gasteiger partial charge in [0.1, 0.15) is 5.60 Å². The number of carbonyl (C=O) groups is 1. The number of hydrogen-bond acceptors (Lipinski definition) is 5. The Balaban J connectivity index is 1.76. The van der Waals surface area contributed by atoms with E-state index in [1.165, 1.54) is 0 Å². The highest BCUT2D eigenvalue weighted by Crippen LogP contribution is 2.19. The number of nitro benzene ring substituents is 1. The largest absolute Gasteiger partial charge is 0.444 e. The highest BCUT2D eigenvalue weighted by molar-refractivity contribution is 5.68. The van der Waals surface area contributed by atoms with Gasteiger partial charge in [-0.3, -0.25) is 10.1 Å². The first-order valence-electron chi connectivity index (χ1n) is 9.07. The van der Waals surface area contributed by atoms with E-state index < -0.39 is 5.60 Å². The van der Waals surface area contributed by atoms with Gasteiger partial charge in [-0.15, -0.1) is 0 Å². The van der Waals surface area contributed by atoms with Crippen molar-refractivity contribution < 1.29 is 14.5 Å². The smallest absolute Gasteiger partial charge is 0.410 e. The number of benzene rings is 1. The van der Waals surface area contributed by atoms with Gasteiger partial charge in [-0.05, 0) is 45.6 Å². The molecule has 1 aromatic rings. The molecule has 0 unspecified atom stereocenters. The number of ether oxygens (including phenoxy) is 1. The van der Waals surface area contributed by atoms with Crippen LogP contribution >= 0.6 is 0 Å². The van der Waals surface area contributed by atoms with Crippen molar-refractivity contribution in [1.29, 1.82) is 0 Å². The van der Waals surface area contributed by atoms with Crippen LogP contribution in [0.15, 0.2) is 24.3 Å². The van der Waals surface area contributed by atoms with Crippen molar-refractivity contribution in [3.05, 3.63) is 39.9 Å². The van der Waals surface area contributed by atoms with Crippen molar-refractivity contribution >= 4 is 11.8 Å². The lowest BCUT2D eigenvalue weighted by atomic mass is 10.0. The van der Waals surface area contributed by atoms with E-state index >= 15 is 0 Å². The molecule has 0 aromatic heterocycles. The third-order valence-electron chi connectivity index (χ3n) is 4.65.